The Balaban J connectivity index is 1.82. The van der Waals surface area contributed by atoms with Gasteiger partial charge in [-0.2, -0.15) is 0 Å². The van der Waals surface area contributed by atoms with Crippen molar-refractivity contribution in [1.29, 1.82) is 0 Å². The van der Waals surface area contributed by atoms with Crippen LogP contribution in [0.5, 0.6) is 0 Å². The molecular formula is C14H18N2O4. The van der Waals surface area contributed by atoms with E-state index in [0.717, 1.165) is 5.56 Å². The van der Waals surface area contributed by atoms with Crippen LogP contribution in [0.25, 0.3) is 0 Å². The normalized spacial score (nSPS) is 23.9. The molecule has 0 saturated carbocycles. The summed E-state index contributed by atoms with van der Waals surface area (Å²) in [6, 6.07) is 7.94. The van der Waals surface area contributed by atoms with Crippen molar-refractivity contribution >= 4 is 11.8 Å². The third-order valence-electron chi connectivity index (χ3n) is 3.09. The summed E-state index contributed by atoms with van der Waals surface area (Å²) in [5.74, 6) is -0.739. The van der Waals surface area contributed by atoms with Crippen molar-refractivity contribution in [3.05, 3.63) is 35.9 Å². The third-order valence-corrected chi connectivity index (χ3v) is 3.09. The highest BCUT2D eigenvalue weighted by molar-refractivity contribution is 5.97. The molecule has 0 spiro atoms. The van der Waals surface area contributed by atoms with Gasteiger partial charge in [0.05, 0.1) is 19.3 Å². The molecule has 0 bridgehead atoms. The van der Waals surface area contributed by atoms with Gasteiger partial charge < -0.3 is 20.5 Å². The fraction of sp³-hybridized carbons (Fsp3) is 0.429. The Bertz CT molecular complexity index is 475. The third kappa shape index (κ3) is 3.55. The Labute approximate surface area is 117 Å². The molecule has 6 heteroatoms. The lowest BCUT2D eigenvalue weighted by Crippen LogP contribution is -2.65. The monoisotopic (exact) mass is 278 g/mol. The second-order valence-electron chi connectivity index (χ2n) is 4.79. The predicted molar refractivity (Wildman–Crippen MR) is 71.6 cm³/mol. The van der Waals surface area contributed by atoms with E-state index in [1.165, 1.54) is 6.92 Å². The van der Waals surface area contributed by atoms with Gasteiger partial charge in [-0.25, -0.2) is 0 Å². The van der Waals surface area contributed by atoms with Crippen LogP contribution in [0, 0.1) is 0 Å². The van der Waals surface area contributed by atoms with E-state index in [-0.39, 0.29) is 12.5 Å². The maximum absolute atomic E-state index is 11.8. The number of ether oxygens (including phenoxy) is 1. The zero-order chi connectivity index (χ0) is 14.5. The molecule has 1 heterocycles. The van der Waals surface area contributed by atoms with E-state index in [1.54, 1.807) is 0 Å². The Kier molecular flexibility index (Phi) is 4.70. The summed E-state index contributed by atoms with van der Waals surface area (Å²) in [7, 11) is 0. The zero-order valence-corrected chi connectivity index (χ0v) is 11.2. The molecule has 0 aromatic heterocycles. The van der Waals surface area contributed by atoms with Crippen LogP contribution in [-0.4, -0.2) is 41.7 Å². The standard InChI is InChI=1S/C14H18N2O4/c1-9(17)12-14(19)15-11(13(18)16-12)8-20-7-10-5-3-2-4-6-10/h2-6,9,11-12,17H,7-8H2,1H3,(H,15,19)(H,16,18)/t9-,11-,12+/m0/s1. The fourth-order valence-corrected chi connectivity index (χ4v) is 1.97. The summed E-state index contributed by atoms with van der Waals surface area (Å²) < 4.78 is 5.44. The Hall–Kier alpha value is -1.92. The van der Waals surface area contributed by atoms with Crippen LogP contribution >= 0.6 is 0 Å². The van der Waals surface area contributed by atoms with Gasteiger partial charge in [-0.3, -0.25) is 9.59 Å². The van der Waals surface area contributed by atoms with E-state index >= 15 is 0 Å². The van der Waals surface area contributed by atoms with Gasteiger partial charge in [0.1, 0.15) is 12.1 Å². The maximum atomic E-state index is 11.8. The topological polar surface area (TPSA) is 87.7 Å². The maximum Gasteiger partial charge on any atom is 0.245 e. The van der Waals surface area contributed by atoms with Crippen molar-refractivity contribution in [1.82, 2.24) is 10.6 Å². The van der Waals surface area contributed by atoms with Gasteiger partial charge in [0.15, 0.2) is 0 Å². The molecule has 0 radical (unpaired) electrons. The molecular weight excluding hydrogens is 260 g/mol. The first kappa shape index (κ1) is 14.5. The first-order valence-corrected chi connectivity index (χ1v) is 6.48. The van der Waals surface area contributed by atoms with Gasteiger partial charge >= 0.3 is 0 Å². The summed E-state index contributed by atoms with van der Waals surface area (Å²) in [5.41, 5.74) is 0.997. The molecule has 1 aromatic rings. The Morgan fingerprint density at radius 2 is 1.90 bits per heavy atom. The predicted octanol–water partition coefficient (Wildman–Crippen LogP) is -0.433. The highest BCUT2D eigenvalue weighted by Crippen LogP contribution is 2.05. The van der Waals surface area contributed by atoms with Crippen molar-refractivity contribution in [2.24, 2.45) is 0 Å². The summed E-state index contributed by atoms with van der Waals surface area (Å²) in [5, 5.41) is 14.4. The van der Waals surface area contributed by atoms with Crippen LogP contribution in [0.4, 0.5) is 0 Å². The first-order valence-electron chi connectivity index (χ1n) is 6.48. The number of benzene rings is 1. The highest BCUT2D eigenvalue weighted by atomic mass is 16.5. The van der Waals surface area contributed by atoms with Gasteiger partial charge in [-0.05, 0) is 12.5 Å². The molecule has 1 aliphatic rings. The second kappa shape index (κ2) is 6.49. The number of aliphatic hydroxyl groups is 1. The van der Waals surface area contributed by atoms with Crippen molar-refractivity contribution in [3.8, 4) is 0 Å². The SMILES string of the molecule is C[C@H](O)[C@H]1NC(=O)[C@H](COCc2ccccc2)NC1=O. The highest BCUT2D eigenvalue weighted by Gasteiger charge is 2.36. The second-order valence-corrected chi connectivity index (χ2v) is 4.79. The molecule has 0 unspecified atom stereocenters. The quantitative estimate of drug-likeness (QED) is 0.682. The molecule has 2 amide bonds. The summed E-state index contributed by atoms with van der Waals surface area (Å²) in [4.78, 5) is 23.5. The van der Waals surface area contributed by atoms with Gasteiger partial charge in [0.2, 0.25) is 11.8 Å². The molecule has 0 aliphatic carbocycles. The molecule has 1 saturated heterocycles. The number of piperazine rings is 1. The number of hydrogen-bond donors (Lipinski definition) is 3. The van der Waals surface area contributed by atoms with E-state index < -0.39 is 24.1 Å². The number of amides is 2. The van der Waals surface area contributed by atoms with Crippen LogP contribution in [0.3, 0.4) is 0 Å². The van der Waals surface area contributed by atoms with Crippen LogP contribution in [0.1, 0.15) is 12.5 Å². The number of rotatable bonds is 5. The van der Waals surface area contributed by atoms with Gasteiger partial charge in [-0.15, -0.1) is 0 Å². The van der Waals surface area contributed by atoms with Crippen molar-refractivity contribution in [2.75, 3.05) is 6.61 Å². The van der Waals surface area contributed by atoms with E-state index in [2.05, 4.69) is 10.6 Å². The fourth-order valence-electron chi connectivity index (χ4n) is 1.97. The van der Waals surface area contributed by atoms with Crippen molar-refractivity contribution < 1.29 is 19.4 Å². The lowest BCUT2D eigenvalue weighted by Gasteiger charge is -2.30. The lowest BCUT2D eigenvalue weighted by molar-refractivity contribution is -0.141. The largest absolute Gasteiger partial charge is 0.391 e. The number of nitrogens with one attached hydrogen (secondary N) is 2. The average Bonchev–Trinajstić information content (AvgIpc) is 2.43. The molecule has 20 heavy (non-hydrogen) atoms. The van der Waals surface area contributed by atoms with Crippen LogP contribution < -0.4 is 10.6 Å². The molecule has 2 rings (SSSR count). The van der Waals surface area contributed by atoms with Gasteiger partial charge in [-0.1, -0.05) is 30.3 Å². The smallest absolute Gasteiger partial charge is 0.245 e. The molecule has 1 fully saturated rings. The summed E-state index contributed by atoms with van der Waals surface area (Å²) in [6.07, 6.45) is -0.926. The van der Waals surface area contributed by atoms with E-state index in [0.29, 0.717) is 6.61 Å². The summed E-state index contributed by atoms with van der Waals surface area (Å²) >= 11 is 0. The average molecular weight is 278 g/mol. The minimum absolute atomic E-state index is 0.0962. The summed E-state index contributed by atoms with van der Waals surface area (Å²) in [6.45, 7) is 1.93. The molecule has 1 aromatic carbocycles. The Morgan fingerprint density at radius 1 is 1.20 bits per heavy atom. The molecule has 6 nitrogen and oxygen atoms in total. The van der Waals surface area contributed by atoms with Gasteiger partial charge in [0.25, 0.3) is 0 Å². The minimum atomic E-state index is -0.926. The number of carbonyl (C=O) groups excluding carboxylic acids is 2. The van der Waals surface area contributed by atoms with Crippen LogP contribution in [0.2, 0.25) is 0 Å². The zero-order valence-electron chi connectivity index (χ0n) is 11.2. The minimum Gasteiger partial charge on any atom is -0.391 e. The number of carbonyl (C=O) groups is 2. The number of aliphatic hydroxyl groups excluding tert-OH is 1. The van der Waals surface area contributed by atoms with Crippen molar-refractivity contribution in [3.63, 3.8) is 0 Å². The molecule has 108 valence electrons. The van der Waals surface area contributed by atoms with E-state index in [1.807, 2.05) is 30.3 Å². The van der Waals surface area contributed by atoms with Crippen LogP contribution in [-0.2, 0) is 20.9 Å². The number of hydrogen-bond acceptors (Lipinski definition) is 4. The first-order chi connectivity index (χ1) is 9.58. The van der Waals surface area contributed by atoms with Crippen molar-refractivity contribution in [2.45, 2.75) is 31.7 Å². The molecule has 1 aliphatic heterocycles. The lowest BCUT2D eigenvalue weighted by atomic mass is 10.1. The molecule has 3 atom stereocenters. The van der Waals surface area contributed by atoms with E-state index in [4.69, 9.17) is 4.74 Å². The van der Waals surface area contributed by atoms with E-state index in [9.17, 15) is 14.7 Å². The van der Waals surface area contributed by atoms with Crippen LogP contribution in [0.15, 0.2) is 30.3 Å². The van der Waals surface area contributed by atoms with Gasteiger partial charge in [0, 0.05) is 0 Å². The molecule has 3 N–H and O–H groups in total. The Morgan fingerprint density at radius 3 is 2.55 bits per heavy atom.